The molecule has 4 atom stereocenters. The molecule has 0 amide bonds. The molecule has 1 heterocycles. The summed E-state index contributed by atoms with van der Waals surface area (Å²) >= 11 is 0. The summed E-state index contributed by atoms with van der Waals surface area (Å²) in [6.45, 7) is 2.33. The van der Waals surface area contributed by atoms with E-state index < -0.39 is 0 Å². The molecular weight excluding hydrogens is 112 g/mol. The molecule has 2 saturated carbocycles. The van der Waals surface area contributed by atoms with Gasteiger partial charge in [0, 0.05) is 0 Å². The molecule has 0 aromatic carbocycles. The second kappa shape index (κ2) is 1.07. The molecule has 0 radical (unpaired) electrons. The maximum absolute atomic E-state index is 5.65. The van der Waals surface area contributed by atoms with Crippen molar-refractivity contribution in [1.82, 2.24) is 0 Å². The summed E-state index contributed by atoms with van der Waals surface area (Å²) in [5, 5.41) is 0. The minimum Gasteiger partial charge on any atom is -0.365 e. The Morgan fingerprint density at radius 1 is 1.44 bits per heavy atom. The molecule has 9 heavy (non-hydrogen) atoms. The molecule has 0 bridgehead atoms. The van der Waals surface area contributed by atoms with Crippen LogP contribution in [0.1, 0.15) is 26.2 Å². The highest BCUT2D eigenvalue weighted by Crippen LogP contribution is 2.69. The molecule has 0 aromatic heterocycles. The first-order valence-corrected chi connectivity index (χ1v) is 4.01. The second-order valence-corrected chi connectivity index (χ2v) is 3.95. The van der Waals surface area contributed by atoms with Crippen LogP contribution >= 0.6 is 0 Å². The van der Waals surface area contributed by atoms with Gasteiger partial charge in [0.05, 0.1) is 11.7 Å². The third-order valence-electron chi connectivity index (χ3n) is 3.35. The Labute approximate surface area is 55.4 Å². The summed E-state index contributed by atoms with van der Waals surface area (Å²) in [5.41, 5.74) is 0.484. The predicted octanol–water partition coefficient (Wildman–Crippen LogP) is 1.57. The SMILES string of the molecule is CC1CCC2CC23OC13. The molecule has 2 aliphatic carbocycles. The fourth-order valence-corrected chi connectivity index (χ4v) is 2.58. The molecule has 1 spiro atoms. The third-order valence-corrected chi connectivity index (χ3v) is 3.35. The van der Waals surface area contributed by atoms with Gasteiger partial charge >= 0.3 is 0 Å². The Morgan fingerprint density at radius 3 is 3.11 bits per heavy atom. The van der Waals surface area contributed by atoms with Gasteiger partial charge < -0.3 is 4.74 Å². The lowest BCUT2D eigenvalue weighted by Crippen LogP contribution is -2.13. The molecule has 0 N–H and O–H groups in total. The van der Waals surface area contributed by atoms with Gasteiger partial charge in [0.25, 0.3) is 0 Å². The van der Waals surface area contributed by atoms with Crippen LogP contribution in [-0.4, -0.2) is 11.7 Å². The van der Waals surface area contributed by atoms with Crippen LogP contribution < -0.4 is 0 Å². The van der Waals surface area contributed by atoms with Crippen LogP contribution in [0.15, 0.2) is 0 Å². The van der Waals surface area contributed by atoms with Gasteiger partial charge in [-0.1, -0.05) is 6.92 Å². The van der Waals surface area contributed by atoms with Crippen LogP contribution in [-0.2, 0) is 4.74 Å². The number of epoxide rings is 1. The van der Waals surface area contributed by atoms with Crippen molar-refractivity contribution in [1.29, 1.82) is 0 Å². The summed E-state index contributed by atoms with van der Waals surface area (Å²) in [6, 6.07) is 0. The minimum absolute atomic E-state index is 0.484. The van der Waals surface area contributed by atoms with Gasteiger partial charge in [0.1, 0.15) is 0 Å². The van der Waals surface area contributed by atoms with Gasteiger partial charge in [-0.15, -0.1) is 0 Å². The third kappa shape index (κ3) is 0.389. The van der Waals surface area contributed by atoms with E-state index in [2.05, 4.69) is 6.92 Å². The van der Waals surface area contributed by atoms with Crippen molar-refractivity contribution in [3.05, 3.63) is 0 Å². The molecule has 3 fully saturated rings. The number of ether oxygens (including phenoxy) is 1. The van der Waals surface area contributed by atoms with Crippen LogP contribution in [0.5, 0.6) is 0 Å². The fraction of sp³-hybridized carbons (Fsp3) is 1.00. The van der Waals surface area contributed by atoms with Crippen molar-refractivity contribution in [2.75, 3.05) is 0 Å². The average molecular weight is 124 g/mol. The molecule has 1 heteroatoms. The summed E-state index contributed by atoms with van der Waals surface area (Å²) in [5.74, 6) is 1.85. The molecule has 1 nitrogen and oxygen atoms in total. The van der Waals surface area contributed by atoms with Crippen molar-refractivity contribution in [2.24, 2.45) is 11.8 Å². The smallest absolute Gasteiger partial charge is 0.0983 e. The first-order chi connectivity index (χ1) is 4.33. The van der Waals surface area contributed by atoms with E-state index in [0.717, 1.165) is 11.8 Å². The van der Waals surface area contributed by atoms with Crippen molar-refractivity contribution in [3.8, 4) is 0 Å². The van der Waals surface area contributed by atoms with Gasteiger partial charge in [-0.25, -0.2) is 0 Å². The average Bonchev–Trinajstić information content (AvgIpc) is 2.64. The summed E-state index contributed by atoms with van der Waals surface area (Å²) in [4.78, 5) is 0. The van der Waals surface area contributed by atoms with E-state index in [1.165, 1.54) is 19.3 Å². The van der Waals surface area contributed by atoms with E-state index >= 15 is 0 Å². The maximum Gasteiger partial charge on any atom is 0.0983 e. The molecule has 50 valence electrons. The van der Waals surface area contributed by atoms with E-state index in [1.807, 2.05) is 0 Å². The van der Waals surface area contributed by atoms with Gasteiger partial charge in [-0.2, -0.15) is 0 Å². The van der Waals surface area contributed by atoms with Crippen molar-refractivity contribution < 1.29 is 4.74 Å². The molecule has 0 aromatic rings. The Morgan fingerprint density at radius 2 is 2.33 bits per heavy atom. The summed E-state index contributed by atoms with van der Waals surface area (Å²) < 4.78 is 5.65. The number of hydrogen-bond donors (Lipinski definition) is 0. The van der Waals surface area contributed by atoms with Gasteiger partial charge in [0.2, 0.25) is 0 Å². The monoisotopic (exact) mass is 124 g/mol. The fourth-order valence-electron chi connectivity index (χ4n) is 2.58. The van der Waals surface area contributed by atoms with Crippen LogP contribution in [0.3, 0.4) is 0 Å². The lowest BCUT2D eigenvalue weighted by molar-refractivity contribution is 0.325. The molecule has 3 aliphatic rings. The highest BCUT2D eigenvalue weighted by atomic mass is 16.6. The Kier molecular flexibility index (Phi) is 0.563. The van der Waals surface area contributed by atoms with Crippen molar-refractivity contribution >= 4 is 0 Å². The van der Waals surface area contributed by atoms with Gasteiger partial charge in [0.15, 0.2) is 0 Å². The standard InChI is InChI=1S/C8H12O/c1-5-2-3-6-4-8(6)7(5)9-8/h5-7H,2-4H2,1H3. The van der Waals surface area contributed by atoms with E-state index in [4.69, 9.17) is 4.74 Å². The second-order valence-electron chi connectivity index (χ2n) is 3.95. The first kappa shape index (κ1) is 4.73. The lowest BCUT2D eigenvalue weighted by atomic mass is 9.91. The van der Waals surface area contributed by atoms with Crippen LogP contribution in [0.2, 0.25) is 0 Å². The maximum atomic E-state index is 5.65. The van der Waals surface area contributed by atoms with Gasteiger partial charge in [-0.3, -0.25) is 0 Å². The molecular formula is C8H12O. The van der Waals surface area contributed by atoms with Crippen LogP contribution in [0.4, 0.5) is 0 Å². The normalized spacial score (nSPS) is 68.3. The van der Waals surface area contributed by atoms with E-state index in [1.54, 1.807) is 0 Å². The quantitative estimate of drug-likeness (QED) is 0.446. The first-order valence-electron chi connectivity index (χ1n) is 4.01. The highest BCUT2D eigenvalue weighted by molar-refractivity contribution is 5.23. The topological polar surface area (TPSA) is 12.5 Å². The Hall–Kier alpha value is -0.0400. The van der Waals surface area contributed by atoms with Crippen molar-refractivity contribution in [3.63, 3.8) is 0 Å². The summed E-state index contributed by atoms with van der Waals surface area (Å²) in [6.07, 6.45) is 4.94. The largest absolute Gasteiger partial charge is 0.365 e. The van der Waals surface area contributed by atoms with E-state index in [-0.39, 0.29) is 0 Å². The minimum atomic E-state index is 0.484. The zero-order valence-corrected chi connectivity index (χ0v) is 5.76. The molecule has 3 rings (SSSR count). The van der Waals surface area contributed by atoms with Gasteiger partial charge in [-0.05, 0) is 31.1 Å². The number of rotatable bonds is 0. The lowest BCUT2D eigenvalue weighted by Gasteiger charge is -2.10. The highest BCUT2D eigenvalue weighted by Gasteiger charge is 2.75. The van der Waals surface area contributed by atoms with Crippen LogP contribution in [0.25, 0.3) is 0 Å². The molecule has 1 saturated heterocycles. The zero-order chi connectivity index (χ0) is 6.06. The van der Waals surface area contributed by atoms with Crippen molar-refractivity contribution in [2.45, 2.75) is 37.9 Å². The Bertz CT molecular complexity index is 166. The predicted molar refractivity (Wildman–Crippen MR) is 34.1 cm³/mol. The Balaban J connectivity index is 1.91. The molecule has 1 aliphatic heterocycles. The molecule has 4 unspecified atom stereocenters. The number of hydrogen-bond acceptors (Lipinski definition) is 1. The van der Waals surface area contributed by atoms with Crippen LogP contribution in [0, 0.1) is 11.8 Å². The van der Waals surface area contributed by atoms with E-state index in [9.17, 15) is 0 Å². The summed E-state index contributed by atoms with van der Waals surface area (Å²) in [7, 11) is 0. The van der Waals surface area contributed by atoms with E-state index in [0.29, 0.717) is 11.7 Å². The zero-order valence-electron chi connectivity index (χ0n) is 5.76.